The average Bonchev–Trinajstić information content (AvgIpc) is 2.19. The van der Waals surface area contributed by atoms with Crippen LogP contribution in [0, 0.1) is 17.1 Å². The monoisotopic (exact) mass is 212 g/mol. The van der Waals surface area contributed by atoms with Crippen molar-refractivity contribution in [3.63, 3.8) is 0 Å². The third-order valence-corrected chi connectivity index (χ3v) is 2.12. The van der Waals surface area contributed by atoms with Gasteiger partial charge in [-0.2, -0.15) is 5.26 Å². The lowest BCUT2D eigenvalue weighted by molar-refractivity contribution is 0.613. The predicted octanol–water partition coefficient (Wildman–Crippen LogP) is 2.65. The highest BCUT2D eigenvalue weighted by atomic mass is 35.5. The summed E-state index contributed by atoms with van der Waals surface area (Å²) in [6.07, 6.45) is 0. The molecular formula is C10H10ClFN2. The minimum Gasteiger partial charge on any atom is -0.298 e. The molecule has 0 heterocycles. The van der Waals surface area contributed by atoms with Crippen LogP contribution in [0.25, 0.3) is 0 Å². The number of hydrogen-bond donors (Lipinski definition) is 1. The summed E-state index contributed by atoms with van der Waals surface area (Å²) >= 11 is 5.53. The zero-order valence-corrected chi connectivity index (χ0v) is 8.48. The molecule has 2 nitrogen and oxygen atoms in total. The highest BCUT2D eigenvalue weighted by Gasteiger charge is 2.10. The molecule has 1 N–H and O–H groups in total. The Kier molecular flexibility index (Phi) is 3.87. The van der Waals surface area contributed by atoms with Crippen LogP contribution in [0.4, 0.5) is 4.39 Å². The van der Waals surface area contributed by atoms with Crippen LogP contribution in [0.5, 0.6) is 0 Å². The van der Waals surface area contributed by atoms with Gasteiger partial charge in [0.1, 0.15) is 11.9 Å². The Bertz CT molecular complexity index is 360. The van der Waals surface area contributed by atoms with Crippen LogP contribution in [0.15, 0.2) is 18.2 Å². The van der Waals surface area contributed by atoms with Crippen molar-refractivity contribution in [3.05, 3.63) is 34.6 Å². The molecule has 0 aliphatic carbocycles. The molecule has 0 aliphatic heterocycles. The van der Waals surface area contributed by atoms with Gasteiger partial charge in [-0.05, 0) is 24.2 Å². The summed E-state index contributed by atoms with van der Waals surface area (Å²) in [5.74, 6) is -0.498. The quantitative estimate of drug-likeness (QED) is 0.836. The van der Waals surface area contributed by atoms with Gasteiger partial charge >= 0.3 is 0 Å². The number of nitrogens with one attached hydrogen (secondary N) is 1. The molecule has 14 heavy (non-hydrogen) atoms. The van der Waals surface area contributed by atoms with E-state index in [1.54, 1.807) is 6.07 Å². The number of nitrogens with zero attached hydrogens (tertiary/aromatic N) is 1. The minimum atomic E-state index is -0.498. The van der Waals surface area contributed by atoms with Crippen molar-refractivity contribution in [2.24, 2.45) is 0 Å². The van der Waals surface area contributed by atoms with Crippen molar-refractivity contribution in [1.29, 1.82) is 5.26 Å². The molecule has 0 bridgehead atoms. The van der Waals surface area contributed by atoms with Gasteiger partial charge in [-0.25, -0.2) is 4.39 Å². The second kappa shape index (κ2) is 4.94. The molecule has 4 heteroatoms. The van der Waals surface area contributed by atoms with E-state index in [2.05, 4.69) is 5.32 Å². The summed E-state index contributed by atoms with van der Waals surface area (Å²) < 4.78 is 13.0. The lowest BCUT2D eigenvalue weighted by Crippen LogP contribution is -2.19. The van der Waals surface area contributed by atoms with Crippen LogP contribution in [-0.2, 0) is 0 Å². The lowest BCUT2D eigenvalue weighted by atomic mass is 10.1. The van der Waals surface area contributed by atoms with Gasteiger partial charge in [0, 0.05) is 0 Å². The van der Waals surface area contributed by atoms with Crippen molar-refractivity contribution >= 4 is 11.6 Å². The summed E-state index contributed by atoms with van der Waals surface area (Å²) in [7, 11) is 0. The van der Waals surface area contributed by atoms with E-state index < -0.39 is 11.9 Å². The maximum absolute atomic E-state index is 13.0. The molecule has 1 unspecified atom stereocenters. The van der Waals surface area contributed by atoms with E-state index >= 15 is 0 Å². The number of benzene rings is 1. The Morgan fingerprint density at radius 1 is 1.64 bits per heavy atom. The van der Waals surface area contributed by atoms with Crippen LogP contribution in [0.3, 0.4) is 0 Å². The van der Waals surface area contributed by atoms with Gasteiger partial charge < -0.3 is 0 Å². The molecule has 0 aliphatic rings. The number of rotatable bonds is 3. The number of halogens is 2. The molecular weight excluding hydrogens is 203 g/mol. The van der Waals surface area contributed by atoms with E-state index in [0.717, 1.165) is 0 Å². The van der Waals surface area contributed by atoms with Crippen molar-refractivity contribution in [2.75, 3.05) is 6.54 Å². The summed E-state index contributed by atoms with van der Waals surface area (Å²) in [5, 5.41) is 11.8. The Morgan fingerprint density at radius 3 is 2.86 bits per heavy atom. The predicted molar refractivity (Wildman–Crippen MR) is 53.4 cm³/mol. The fourth-order valence-electron chi connectivity index (χ4n) is 1.13. The Morgan fingerprint density at radius 2 is 2.36 bits per heavy atom. The summed E-state index contributed by atoms with van der Waals surface area (Å²) in [5.41, 5.74) is 0.594. The van der Waals surface area contributed by atoms with Gasteiger partial charge in [-0.3, -0.25) is 5.32 Å². The fourth-order valence-corrected chi connectivity index (χ4v) is 1.25. The van der Waals surface area contributed by atoms with Crippen molar-refractivity contribution in [2.45, 2.75) is 13.0 Å². The molecule has 1 rings (SSSR count). The Hall–Kier alpha value is -1.11. The fraction of sp³-hybridized carbons (Fsp3) is 0.300. The molecule has 1 atom stereocenters. The van der Waals surface area contributed by atoms with Crippen molar-refractivity contribution in [3.8, 4) is 6.07 Å². The minimum absolute atomic E-state index is 0.0712. The van der Waals surface area contributed by atoms with Crippen LogP contribution >= 0.6 is 11.6 Å². The van der Waals surface area contributed by atoms with E-state index in [4.69, 9.17) is 16.9 Å². The van der Waals surface area contributed by atoms with Gasteiger partial charge in [0.15, 0.2) is 0 Å². The largest absolute Gasteiger partial charge is 0.298 e. The van der Waals surface area contributed by atoms with Gasteiger partial charge in [-0.15, -0.1) is 0 Å². The molecule has 0 fully saturated rings. The van der Waals surface area contributed by atoms with E-state index in [1.807, 2.05) is 13.0 Å². The second-order valence-corrected chi connectivity index (χ2v) is 3.20. The highest BCUT2D eigenvalue weighted by Crippen LogP contribution is 2.19. The van der Waals surface area contributed by atoms with Gasteiger partial charge in [0.25, 0.3) is 0 Å². The summed E-state index contributed by atoms with van der Waals surface area (Å²) in [4.78, 5) is 0. The van der Waals surface area contributed by atoms with Crippen LogP contribution in [-0.4, -0.2) is 6.54 Å². The molecule has 1 aromatic rings. The first-order valence-electron chi connectivity index (χ1n) is 4.27. The molecule has 1 aromatic carbocycles. The van der Waals surface area contributed by atoms with E-state index in [9.17, 15) is 4.39 Å². The van der Waals surface area contributed by atoms with E-state index in [1.165, 1.54) is 12.1 Å². The lowest BCUT2D eigenvalue weighted by Gasteiger charge is -2.10. The first kappa shape index (κ1) is 11.0. The zero-order chi connectivity index (χ0) is 10.6. The van der Waals surface area contributed by atoms with E-state index in [-0.39, 0.29) is 5.02 Å². The molecule has 0 radical (unpaired) electrons. The third kappa shape index (κ3) is 2.44. The van der Waals surface area contributed by atoms with Crippen LogP contribution in [0.2, 0.25) is 5.02 Å². The topological polar surface area (TPSA) is 35.8 Å². The van der Waals surface area contributed by atoms with Crippen LogP contribution in [0.1, 0.15) is 18.5 Å². The number of nitriles is 1. The average molecular weight is 213 g/mol. The normalized spacial score (nSPS) is 12.1. The standard InChI is InChI=1S/C10H10ClFN2/c1-2-14-10(6-13)7-3-4-8(11)9(12)5-7/h3-5,10,14H,2H2,1H3. The smallest absolute Gasteiger partial charge is 0.142 e. The Labute approximate surface area is 87.3 Å². The highest BCUT2D eigenvalue weighted by molar-refractivity contribution is 6.30. The molecule has 0 saturated carbocycles. The Balaban J connectivity index is 2.95. The molecule has 74 valence electrons. The SMILES string of the molecule is CCNC(C#N)c1ccc(Cl)c(F)c1. The first-order chi connectivity index (χ1) is 6.69. The third-order valence-electron chi connectivity index (χ3n) is 1.81. The van der Waals surface area contributed by atoms with Gasteiger partial charge in [0.05, 0.1) is 11.1 Å². The molecule has 0 aromatic heterocycles. The van der Waals surface area contributed by atoms with Gasteiger partial charge in [0.2, 0.25) is 0 Å². The maximum Gasteiger partial charge on any atom is 0.142 e. The molecule has 0 spiro atoms. The number of hydrogen-bond acceptors (Lipinski definition) is 2. The molecule has 0 amide bonds. The maximum atomic E-state index is 13.0. The molecule has 0 saturated heterocycles. The van der Waals surface area contributed by atoms with Crippen molar-refractivity contribution < 1.29 is 4.39 Å². The van der Waals surface area contributed by atoms with Gasteiger partial charge in [-0.1, -0.05) is 24.6 Å². The first-order valence-corrected chi connectivity index (χ1v) is 4.64. The zero-order valence-electron chi connectivity index (χ0n) is 7.72. The second-order valence-electron chi connectivity index (χ2n) is 2.79. The van der Waals surface area contributed by atoms with E-state index in [0.29, 0.717) is 12.1 Å². The van der Waals surface area contributed by atoms with Crippen molar-refractivity contribution in [1.82, 2.24) is 5.32 Å². The summed E-state index contributed by atoms with van der Waals surface area (Å²) in [6, 6.07) is 5.94. The summed E-state index contributed by atoms with van der Waals surface area (Å²) in [6.45, 7) is 2.54. The van der Waals surface area contributed by atoms with Crippen LogP contribution < -0.4 is 5.32 Å².